The maximum absolute atomic E-state index is 12.6. The molecule has 0 amide bonds. The highest BCUT2D eigenvalue weighted by molar-refractivity contribution is 7.80. The molecule has 0 saturated carbocycles. The van der Waals surface area contributed by atoms with Gasteiger partial charge in [-0.2, -0.15) is 0 Å². The number of rotatable bonds is 4. The Bertz CT molecular complexity index is 651. The average Bonchev–Trinajstić information content (AvgIpc) is 2.47. The molecule has 0 aliphatic carbocycles. The van der Waals surface area contributed by atoms with Gasteiger partial charge in [-0.15, -0.1) is 25.3 Å². The SMILES string of the molecule is CC(N)(C(=O)c1ccccc1S)C(=O)c1ccccc1S. The molecular weight excluding hydrogens is 302 g/mol. The van der Waals surface area contributed by atoms with Gasteiger partial charge in [0.05, 0.1) is 0 Å². The van der Waals surface area contributed by atoms with Crippen LogP contribution < -0.4 is 5.73 Å². The van der Waals surface area contributed by atoms with Gasteiger partial charge in [-0.3, -0.25) is 9.59 Å². The van der Waals surface area contributed by atoms with Crippen LogP contribution in [0.4, 0.5) is 0 Å². The number of ketones is 2. The molecule has 0 aromatic heterocycles. The van der Waals surface area contributed by atoms with Crippen LogP contribution in [0.3, 0.4) is 0 Å². The summed E-state index contributed by atoms with van der Waals surface area (Å²) in [6.45, 7) is 1.41. The molecule has 0 bridgehead atoms. The molecule has 0 fully saturated rings. The van der Waals surface area contributed by atoms with Gasteiger partial charge in [0.2, 0.25) is 0 Å². The second-order valence-electron chi connectivity index (χ2n) is 4.89. The Morgan fingerprint density at radius 3 is 1.52 bits per heavy atom. The Balaban J connectivity index is 2.43. The molecule has 5 heteroatoms. The first kappa shape index (κ1) is 15.8. The predicted octanol–water partition coefficient (Wildman–Crippen LogP) is 3.05. The molecule has 2 aromatic rings. The Kier molecular flexibility index (Phi) is 4.56. The van der Waals surface area contributed by atoms with E-state index in [1.165, 1.54) is 6.92 Å². The summed E-state index contributed by atoms with van der Waals surface area (Å²) in [4.78, 5) is 26.2. The van der Waals surface area contributed by atoms with Crippen LogP contribution in [0.2, 0.25) is 0 Å². The fourth-order valence-electron chi connectivity index (χ4n) is 1.99. The lowest BCUT2D eigenvalue weighted by Gasteiger charge is -2.23. The summed E-state index contributed by atoms with van der Waals surface area (Å²) >= 11 is 8.48. The highest BCUT2D eigenvalue weighted by Gasteiger charge is 2.39. The molecule has 0 radical (unpaired) electrons. The van der Waals surface area contributed by atoms with Crippen LogP contribution in [0.1, 0.15) is 27.6 Å². The van der Waals surface area contributed by atoms with Gasteiger partial charge < -0.3 is 5.73 Å². The van der Waals surface area contributed by atoms with Gasteiger partial charge in [0.1, 0.15) is 5.54 Å². The normalized spacial score (nSPS) is 11.2. The maximum atomic E-state index is 12.6. The van der Waals surface area contributed by atoms with Gasteiger partial charge in [0, 0.05) is 20.9 Å². The van der Waals surface area contributed by atoms with E-state index in [0.29, 0.717) is 20.9 Å². The number of hydrogen-bond donors (Lipinski definition) is 3. The standard InChI is InChI=1S/C16H15NO2S2/c1-16(17,14(18)10-6-2-4-8-12(10)20)15(19)11-7-3-5-9-13(11)21/h2-9,20-21H,17H2,1H3. The van der Waals surface area contributed by atoms with Crippen molar-refractivity contribution in [3.63, 3.8) is 0 Å². The van der Waals surface area contributed by atoms with Crippen LogP contribution in [0.5, 0.6) is 0 Å². The first-order valence-electron chi connectivity index (χ1n) is 6.30. The van der Waals surface area contributed by atoms with Crippen molar-refractivity contribution in [1.29, 1.82) is 0 Å². The number of carbonyl (C=O) groups is 2. The minimum atomic E-state index is -1.67. The molecule has 0 atom stereocenters. The lowest BCUT2D eigenvalue weighted by atomic mass is 9.85. The summed E-state index contributed by atoms with van der Waals surface area (Å²) in [7, 11) is 0. The van der Waals surface area contributed by atoms with E-state index >= 15 is 0 Å². The molecule has 0 saturated heterocycles. The summed E-state index contributed by atoms with van der Waals surface area (Å²) in [5.41, 5.74) is 5.03. The molecule has 2 aromatic carbocycles. The Morgan fingerprint density at radius 2 is 1.19 bits per heavy atom. The van der Waals surface area contributed by atoms with Crippen molar-refractivity contribution in [2.75, 3.05) is 0 Å². The van der Waals surface area contributed by atoms with Crippen LogP contribution in [0.25, 0.3) is 0 Å². The minimum absolute atomic E-state index is 0.329. The monoisotopic (exact) mass is 317 g/mol. The van der Waals surface area contributed by atoms with E-state index in [-0.39, 0.29) is 0 Å². The second kappa shape index (κ2) is 6.05. The molecule has 21 heavy (non-hydrogen) atoms. The molecule has 0 aliphatic heterocycles. The molecule has 0 heterocycles. The van der Waals surface area contributed by atoms with Crippen molar-refractivity contribution >= 4 is 36.8 Å². The topological polar surface area (TPSA) is 60.2 Å². The van der Waals surface area contributed by atoms with E-state index in [0.717, 1.165) is 0 Å². The molecule has 108 valence electrons. The number of Topliss-reactive ketones (excluding diaryl/α,β-unsaturated/α-hetero) is 2. The van der Waals surface area contributed by atoms with Gasteiger partial charge in [-0.25, -0.2) is 0 Å². The Morgan fingerprint density at radius 1 is 0.857 bits per heavy atom. The van der Waals surface area contributed by atoms with Crippen molar-refractivity contribution in [2.24, 2.45) is 5.73 Å². The molecular formula is C16H15NO2S2. The first-order chi connectivity index (χ1) is 9.85. The average molecular weight is 317 g/mol. The van der Waals surface area contributed by atoms with E-state index < -0.39 is 17.1 Å². The number of nitrogens with two attached hydrogens (primary N) is 1. The zero-order valence-electron chi connectivity index (χ0n) is 11.4. The molecule has 3 nitrogen and oxygen atoms in total. The van der Waals surface area contributed by atoms with Gasteiger partial charge >= 0.3 is 0 Å². The van der Waals surface area contributed by atoms with Crippen LogP contribution in [0.15, 0.2) is 58.3 Å². The summed E-state index contributed by atoms with van der Waals surface area (Å²) in [6, 6.07) is 13.5. The number of carbonyl (C=O) groups excluding carboxylic acids is 2. The van der Waals surface area contributed by atoms with Crippen molar-refractivity contribution in [3.05, 3.63) is 59.7 Å². The number of hydrogen-bond acceptors (Lipinski definition) is 5. The molecule has 0 spiro atoms. The zero-order chi connectivity index (χ0) is 15.6. The van der Waals surface area contributed by atoms with Gasteiger partial charge in [-0.1, -0.05) is 36.4 Å². The van der Waals surface area contributed by atoms with E-state index in [1.807, 2.05) is 0 Å². The van der Waals surface area contributed by atoms with Gasteiger partial charge in [0.25, 0.3) is 0 Å². The van der Waals surface area contributed by atoms with E-state index in [1.54, 1.807) is 48.5 Å². The largest absolute Gasteiger partial charge is 0.312 e. The predicted molar refractivity (Wildman–Crippen MR) is 88.6 cm³/mol. The van der Waals surface area contributed by atoms with Crippen molar-refractivity contribution in [2.45, 2.75) is 22.3 Å². The highest BCUT2D eigenvalue weighted by atomic mass is 32.1. The highest BCUT2D eigenvalue weighted by Crippen LogP contribution is 2.24. The van der Waals surface area contributed by atoms with Crippen LogP contribution in [-0.2, 0) is 0 Å². The Hall–Kier alpha value is -1.56. The summed E-state index contributed by atoms with van der Waals surface area (Å²) in [5, 5.41) is 0. The lowest BCUT2D eigenvalue weighted by molar-refractivity contribution is 0.0781. The fraction of sp³-hybridized carbons (Fsp3) is 0.125. The van der Waals surface area contributed by atoms with Crippen LogP contribution >= 0.6 is 25.3 Å². The molecule has 2 rings (SSSR count). The van der Waals surface area contributed by atoms with E-state index in [2.05, 4.69) is 25.3 Å². The van der Waals surface area contributed by atoms with Crippen LogP contribution in [0, 0.1) is 0 Å². The molecule has 2 N–H and O–H groups in total. The Labute approximate surface area is 134 Å². The fourth-order valence-corrected chi connectivity index (χ4v) is 2.52. The number of thiol groups is 2. The third-order valence-corrected chi connectivity index (χ3v) is 4.02. The molecule has 0 aliphatic rings. The third-order valence-electron chi connectivity index (χ3n) is 3.24. The number of benzene rings is 2. The summed E-state index contributed by atoms with van der Waals surface area (Å²) in [5.74, 6) is -0.927. The summed E-state index contributed by atoms with van der Waals surface area (Å²) < 4.78 is 0. The van der Waals surface area contributed by atoms with Crippen LogP contribution in [-0.4, -0.2) is 17.1 Å². The van der Waals surface area contributed by atoms with Crippen molar-refractivity contribution in [3.8, 4) is 0 Å². The minimum Gasteiger partial charge on any atom is -0.312 e. The maximum Gasteiger partial charge on any atom is 0.191 e. The van der Waals surface area contributed by atoms with Crippen molar-refractivity contribution in [1.82, 2.24) is 0 Å². The smallest absolute Gasteiger partial charge is 0.191 e. The second-order valence-corrected chi connectivity index (χ2v) is 5.86. The first-order valence-corrected chi connectivity index (χ1v) is 7.19. The van der Waals surface area contributed by atoms with E-state index in [4.69, 9.17) is 5.73 Å². The van der Waals surface area contributed by atoms with Gasteiger partial charge in [-0.05, 0) is 19.1 Å². The lowest BCUT2D eigenvalue weighted by Crippen LogP contribution is -2.52. The quantitative estimate of drug-likeness (QED) is 0.461. The molecule has 0 unspecified atom stereocenters. The van der Waals surface area contributed by atoms with Gasteiger partial charge in [0.15, 0.2) is 11.6 Å². The van der Waals surface area contributed by atoms with Crippen molar-refractivity contribution < 1.29 is 9.59 Å². The zero-order valence-corrected chi connectivity index (χ0v) is 13.2. The third kappa shape index (κ3) is 3.05. The summed E-state index contributed by atoms with van der Waals surface area (Å²) in [6.07, 6.45) is 0. The van der Waals surface area contributed by atoms with E-state index in [9.17, 15) is 9.59 Å².